The van der Waals surface area contributed by atoms with Crippen molar-refractivity contribution in [1.82, 2.24) is 10.6 Å². The molecular weight excluding hydrogens is 282 g/mol. The van der Waals surface area contributed by atoms with Crippen LogP contribution in [0.25, 0.3) is 0 Å². The molecular formula is C16H23N3O3. The van der Waals surface area contributed by atoms with E-state index >= 15 is 0 Å². The van der Waals surface area contributed by atoms with Crippen LogP contribution in [0.1, 0.15) is 19.8 Å². The summed E-state index contributed by atoms with van der Waals surface area (Å²) in [6, 6.07) is 7.09. The summed E-state index contributed by atoms with van der Waals surface area (Å²) in [5.74, 6) is 0.617. The first-order valence-electron chi connectivity index (χ1n) is 7.70. The van der Waals surface area contributed by atoms with E-state index in [9.17, 15) is 9.59 Å². The quantitative estimate of drug-likeness (QED) is 0.598. The van der Waals surface area contributed by atoms with Crippen molar-refractivity contribution in [1.29, 1.82) is 0 Å². The van der Waals surface area contributed by atoms with Crippen molar-refractivity contribution in [3.05, 3.63) is 24.3 Å². The third-order valence-corrected chi connectivity index (χ3v) is 3.29. The molecule has 1 aliphatic rings. The molecule has 6 nitrogen and oxygen atoms in total. The van der Waals surface area contributed by atoms with E-state index in [2.05, 4.69) is 16.0 Å². The predicted octanol–water partition coefficient (Wildman–Crippen LogP) is 1.14. The summed E-state index contributed by atoms with van der Waals surface area (Å²) >= 11 is 0. The highest BCUT2D eigenvalue weighted by Gasteiger charge is 2.29. The van der Waals surface area contributed by atoms with Gasteiger partial charge in [0.1, 0.15) is 5.75 Å². The van der Waals surface area contributed by atoms with Crippen LogP contribution in [0, 0.1) is 5.92 Å². The summed E-state index contributed by atoms with van der Waals surface area (Å²) < 4.78 is 5.44. The monoisotopic (exact) mass is 305 g/mol. The van der Waals surface area contributed by atoms with Gasteiger partial charge in [-0.1, -0.05) is 13.0 Å². The van der Waals surface area contributed by atoms with E-state index in [-0.39, 0.29) is 24.3 Å². The summed E-state index contributed by atoms with van der Waals surface area (Å²) in [6.07, 6.45) is 1.93. The SMILES string of the molecule is CCNCCNC(=O)COc1cccc(NC(=O)C2CC2)c1. The molecule has 0 unspecified atom stereocenters. The van der Waals surface area contributed by atoms with Gasteiger partial charge in [-0.3, -0.25) is 9.59 Å². The first kappa shape index (κ1) is 16.3. The number of ether oxygens (including phenoxy) is 1. The molecule has 0 radical (unpaired) electrons. The molecule has 1 aromatic rings. The minimum Gasteiger partial charge on any atom is -0.484 e. The Labute approximate surface area is 130 Å². The molecule has 1 aliphatic carbocycles. The zero-order valence-corrected chi connectivity index (χ0v) is 12.9. The maximum Gasteiger partial charge on any atom is 0.257 e. The number of hydrogen-bond acceptors (Lipinski definition) is 4. The molecule has 1 aromatic carbocycles. The van der Waals surface area contributed by atoms with Crippen LogP contribution < -0.4 is 20.7 Å². The highest BCUT2D eigenvalue weighted by Crippen LogP contribution is 2.30. The zero-order chi connectivity index (χ0) is 15.8. The summed E-state index contributed by atoms with van der Waals surface area (Å²) in [5, 5.41) is 8.74. The summed E-state index contributed by atoms with van der Waals surface area (Å²) in [6.45, 7) is 4.18. The Kier molecular flexibility index (Phi) is 6.21. The second-order valence-corrected chi connectivity index (χ2v) is 5.28. The number of likely N-dealkylation sites (N-methyl/N-ethyl adjacent to an activating group) is 1. The highest BCUT2D eigenvalue weighted by atomic mass is 16.5. The van der Waals surface area contributed by atoms with E-state index in [1.54, 1.807) is 18.2 Å². The Morgan fingerprint density at radius 2 is 2.09 bits per heavy atom. The lowest BCUT2D eigenvalue weighted by atomic mass is 10.3. The van der Waals surface area contributed by atoms with Crippen molar-refractivity contribution in [3.8, 4) is 5.75 Å². The van der Waals surface area contributed by atoms with E-state index in [0.717, 1.165) is 25.9 Å². The van der Waals surface area contributed by atoms with Gasteiger partial charge in [0.2, 0.25) is 5.91 Å². The van der Waals surface area contributed by atoms with Crippen LogP contribution >= 0.6 is 0 Å². The lowest BCUT2D eigenvalue weighted by Gasteiger charge is -2.09. The molecule has 0 spiro atoms. The number of amides is 2. The van der Waals surface area contributed by atoms with Crippen LogP contribution in [0.3, 0.4) is 0 Å². The zero-order valence-electron chi connectivity index (χ0n) is 12.9. The van der Waals surface area contributed by atoms with Gasteiger partial charge in [-0.25, -0.2) is 0 Å². The van der Waals surface area contributed by atoms with Crippen molar-refractivity contribution < 1.29 is 14.3 Å². The first-order valence-corrected chi connectivity index (χ1v) is 7.70. The smallest absolute Gasteiger partial charge is 0.257 e. The third kappa shape index (κ3) is 5.73. The molecule has 120 valence electrons. The van der Waals surface area contributed by atoms with Crippen molar-refractivity contribution in [3.63, 3.8) is 0 Å². The summed E-state index contributed by atoms with van der Waals surface area (Å²) in [7, 11) is 0. The molecule has 1 fully saturated rings. The van der Waals surface area contributed by atoms with Gasteiger partial charge in [-0.15, -0.1) is 0 Å². The topological polar surface area (TPSA) is 79.5 Å². The van der Waals surface area contributed by atoms with E-state index < -0.39 is 0 Å². The van der Waals surface area contributed by atoms with Gasteiger partial charge in [0.05, 0.1) is 0 Å². The van der Waals surface area contributed by atoms with Crippen LogP contribution in [0.5, 0.6) is 5.75 Å². The lowest BCUT2D eigenvalue weighted by Crippen LogP contribution is -2.34. The molecule has 3 N–H and O–H groups in total. The fourth-order valence-corrected chi connectivity index (χ4v) is 1.92. The van der Waals surface area contributed by atoms with Crippen molar-refractivity contribution in [2.45, 2.75) is 19.8 Å². The Balaban J connectivity index is 1.72. The number of rotatable bonds is 9. The number of carbonyl (C=O) groups excluding carboxylic acids is 2. The summed E-state index contributed by atoms with van der Waals surface area (Å²) in [5.41, 5.74) is 0.696. The summed E-state index contributed by atoms with van der Waals surface area (Å²) in [4.78, 5) is 23.3. The van der Waals surface area contributed by atoms with Crippen LogP contribution in [0.2, 0.25) is 0 Å². The van der Waals surface area contributed by atoms with Crippen LogP contribution in [0.4, 0.5) is 5.69 Å². The maximum absolute atomic E-state index is 11.7. The molecule has 0 heterocycles. The molecule has 0 aliphatic heterocycles. The average molecular weight is 305 g/mol. The maximum atomic E-state index is 11.7. The third-order valence-electron chi connectivity index (χ3n) is 3.29. The molecule has 6 heteroatoms. The standard InChI is InChI=1S/C16H23N3O3/c1-2-17-8-9-18-15(20)11-22-14-5-3-4-13(10-14)19-16(21)12-6-7-12/h3-5,10,12,17H,2,6-9,11H2,1H3,(H,18,20)(H,19,21). The van der Waals surface area contributed by atoms with Crippen LogP contribution in [-0.4, -0.2) is 38.1 Å². The number of anilines is 1. The number of benzene rings is 1. The van der Waals surface area contributed by atoms with Gasteiger partial charge in [-0.2, -0.15) is 0 Å². The Hall–Kier alpha value is -2.08. The fourth-order valence-electron chi connectivity index (χ4n) is 1.92. The largest absolute Gasteiger partial charge is 0.484 e. The molecule has 0 bridgehead atoms. The van der Waals surface area contributed by atoms with Gasteiger partial charge in [-0.05, 0) is 31.5 Å². The predicted molar refractivity (Wildman–Crippen MR) is 84.8 cm³/mol. The minimum atomic E-state index is -0.162. The normalized spacial score (nSPS) is 13.5. The Bertz CT molecular complexity index is 515. The van der Waals surface area contributed by atoms with Crippen LogP contribution in [0.15, 0.2) is 24.3 Å². The number of hydrogen-bond donors (Lipinski definition) is 3. The average Bonchev–Trinajstić information content (AvgIpc) is 3.35. The van der Waals surface area contributed by atoms with Gasteiger partial charge < -0.3 is 20.7 Å². The number of nitrogens with one attached hydrogen (secondary N) is 3. The molecule has 2 rings (SSSR count). The molecule has 1 saturated carbocycles. The van der Waals surface area contributed by atoms with E-state index in [4.69, 9.17) is 4.74 Å². The molecule has 0 saturated heterocycles. The van der Waals surface area contributed by atoms with Gasteiger partial charge >= 0.3 is 0 Å². The van der Waals surface area contributed by atoms with Crippen molar-refractivity contribution >= 4 is 17.5 Å². The van der Waals surface area contributed by atoms with Gasteiger partial charge in [0, 0.05) is 30.8 Å². The Morgan fingerprint density at radius 1 is 1.27 bits per heavy atom. The fraction of sp³-hybridized carbons (Fsp3) is 0.500. The van der Waals surface area contributed by atoms with Crippen molar-refractivity contribution in [2.75, 3.05) is 31.6 Å². The van der Waals surface area contributed by atoms with Gasteiger partial charge in [0.25, 0.3) is 5.91 Å². The minimum absolute atomic E-state index is 0.0356. The van der Waals surface area contributed by atoms with E-state index in [0.29, 0.717) is 18.0 Å². The van der Waals surface area contributed by atoms with Crippen molar-refractivity contribution in [2.24, 2.45) is 5.92 Å². The van der Waals surface area contributed by atoms with Gasteiger partial charge in [0.15, 0.2) is 6.61 Å². The molecule has 22 heavy (non-hydrogen) atoms. The van der Waals surface area contributed by atoms with E-state index in [1.807, 2.05) is 13.0 Å². The number of carbonyl (C=O) groups is 2. The molecule has 0 atom stereocenters. The van der Waals surface area contributed by atoms with Crippen LogP contribution in [-0.2, 0) is 9.59 Å². The Morgan fingerprint density at radius 3 is 2.82 bits per heavy atom. The second-order valence-electron chi connectivity index (χ2n) is 5.28. The lowest BCUT2D eigenvalue weighted by molar-refractivity contribution is -0.123. The second kappa shape index (κ2) is 8.38. The molecule has 2 amide bonds. The molecule has 0 aromatic heterocycles. The van der Waals surface area contributed by atoms with E-state index in [1.165, 1.54) is 0 Å². The first-order chi connectivity index (χ1) is 10.7. The highest BCUT2D eigenvalue weighted by molar-refractivity contribution is 5.94.